The Labute approximate surface area is 193 Å². The molecule has 1 N–H and O–H groups in total. The third-order valence-corrected chi connectivity index (χ3v) is 5.84. The SMILES string of the molecule is O=C(Nc1c(-c2ccc(F)cc2)nc2ccccn12)C1CN(c2cc(-n3cccn3)ncn2)C1. The summed E-state index contributed by atoms with van der Waals surface area (Å²) < 4.78 is 16.9. The monoisotopic (exact) mass is 454 g/mol. The molecule has 5 aromatic rings. The van der Waals surface area contributed by atoms with Gasteiger partial charge in [-0.3, -0.25) is 9.20 Å². The van der Waals surface area contributed by atoms with Gasteiger partial charge in [0.05, 0.1) is 5.92 Å². The molecule has 0 spiro atoms. The van der Waals surface area contributed by atoms with Crippen LogP contribution in [0, 0.1) is 11.7 Å². The third kappa shape index (κ3) is 3.54. The number of amides is 1. The van der Waals surface area contributed by atoms with Gasteiger partial charge in [-0.15, -0.1) is 0 Å². The van der Waals surface area contributed by atoms with Crippen LogP contribution >= 0.6 is 0 Å². The summed E-state index contributed by atoms with van der Waals surface area (Å²) in [6, 6.07) is 15.4. The smallest absolute Gasteiger partial charge is 0.232 e. The molecule has 9 nitrogen and oxygen atoms in total. The van der Waals surface area contributed by atoms with Crippen LogP contribution in [-0.2, 0) is 4.79 Å². The third-order valence-electron chi connectivity index (χ3n) is 5.84. The molecule has 168 valence electrons. The molecule has 0 radical (unpaired) electrons. The molecule has 5 heterocycles. The number of nitrogens with zero attached hydrogens (tertiary/aromatic N) is 7. The standard InChI is InChI=1S/C24H19FN8O/c25-18-7-5-16(6-8-18)22-23(32-10-2-1-4-19(32)29-22)30-24(34)17-13-31(14-17)20-12-21(27-15-26-20)33-11-3-9-28-33/h1-12,15,17H,13-14H2,(H,30,34). The van der Waals surface area contributed by atoms with Crippen molar-refractivity contribution in [2.75, 3.05) is 23.3 Å². The summed E-state index contributed by atoms with van der Waals surface area (Å²) in [5.41, 5.74) is 2.01. The zero-order valence-electron chi connectivity index (χ0n) is 17.9. The molecule has 34 heavy (non-hydrogen) atoms. The van der Waals surface area contributed by atoms with Crippen LogP contribution in [0.1, 0.15) is 0 Å². The molecule has 1 aliphatic rings. The van der Waals surface area contributed by atoms with E-state index in [9.17, 15) is 9.18 Å². The summed E-state index contributed by atoms with van der Waals surface area (Å²) in [5.74, 6) is 1.33. The van der Waals surface area contributed by atoms with Gasteiger partial charge in [-0.1, -0.05) is 6.07 Å². The number of anilines is 2. The number of benzene rings is 1. The van der Waals surface area contributed by atoms with Gasteiger partial charge in [-0.25, -0.2) is 24.0 Å². The van der Waals surface area contributed by atoms with E-state index in [-0.39, 0.29) is 17.6 Å². The minimum absolute atomic E-state index is 0.105. The predicted octanol–water partition coefficient (Wildman–Crippen LogP) is 3.19. The van der Waals surface area contributed by atoms with Crippen molar-refractivity contribution in [2.45, 2.75) is 0 Å². The molecule has 4 aromatic heterocycles. The Morgan fingerprint density at radius 1 is 1.00 bits per heavy atom. The van der Waals surface area contributed by atoms with Crippen LogP contribution in [0.25, 0.3) is 22.7 Å². The zero-order chi connectivity index (χ0) is 23.1. The number of hydrogen-bond acceptors (Lipinski definition) is 6. The molecule has 1 aromatic carbocycles. The fourth-order valence-electron chi connectivity index (χ4n) is 4.01. The summed E-state index contributed by atoms with van der Waals surface area (Å²) in [4.78, 5) is 28.4. The molecule has 0 aliphatic carbocycles. The Bertz CT molecular complexity index is 1470. The van der Waals surface area contributed by atoms with Crippen molar-refractivity contribution in [3.63, 3.8) is 0 Å². The highest BCUT2D eigenvalue weighted by Gasteiger charge is 2.34. The van der Waals surface area contributed by atoms with Gasteiger partial charge < -0.3 is 10.2 Å². The van der Waals surface area contributed by atoms with E-state index in [0.29, 0.717) is 36.1 Å². The number of carbonyl (C=O) groups excluding carboxylic acids is 1. The van der Waals surface area contributed by atoms with E-state index in [1.807, 2.05) is 52.0 Å². The van der Waals surface area contributed by atoms with Gasteiger partial charge in [0, 0.05) is 43.3 Å². The quantitative estimate of drug-likeness (QED) is 0.439. The van der Waals surface area contributed by atoms with E-state index in [1.54, 1.807) is 23.0 Å². The van der Waals surface area contributed by atoms with Crippen molar-refractivity contribution >= 4 is 23.2 Å². The maximum absolute atomic E-state index is 13.4. The Balaban J connectivity index is 1.21. The van der Waals surface area contributed by atoms with Crippen molar-refractivity contribution in [1.82, 2.24) is 29.1 Å². The highest BCUT2D eigenvalue weighted by Crippen LogP contribution is 2.31. The van der Waals surface area contributed by atoms with Gasteiger partial charge >= 0.3 is 0 Å². The van der Waals surface area contributed by atoms with E-state index >= 15 is 0 Å². The first kappa shape index (κ1) is 20.0. The molecule has 1 fully saturated rings. The van der Waals surface area contributed by atoms with Crippen LogP contribution < -0.4 is 10.2 Å². The van der Waals surface area contributed by atoms with Crippen molar-refractivity contribution in [3.8, 4) is 17.1 Å². The van der Waals surface area contributed by atoms with E-state index in [0.717, 1.165) is 11.4 Å². The van der Waals surface area contributed by atoms with Crippen molar-refractivity contribution in [1.29, 1.82) is 0 Å². The largest absolute Gasteiger partial charge is 0.355 e. The predicted molar refractivity (Wildman–Crippen MR) is 124 cm³/mol. The molecular formula is C24H19FN8O. The van der Waals surface area contributed by atoms with Crippen LogP contribution in [0.3, 0.4) is 0 Å². The number of rotatable bonds is 5. The Hall–Kier alpha value is -4.60. The van der Waals surface area contributed by atoms with Crippen molar-refractivity contribution in [2.24, 2.45) is 5.92 Å². The molecule has 1 aliphatic heterocycles. The number of carbonyl (C=O) groups is 1. The van der Waals surface area contributed by atoms with E-state index in [4.69, 9.17) is 0 Å². The number of halogens is 1. The average molecular weight is 454 g/mol. The van der Waals surface area contributed by atoms with Crippen LogP contribution in [0.15, 0.2) is 79.5 Å². The minimum Gasteiger partial charge on any atom is -0.355 e. The molecule has 1 amide bonds. The molecule has 0 saturated carbocycles. The maximum Gasteiger partial charge on any atom is 0.232 e. The highest BCUT2D eigenvalue weighted by molar-refractivity contribution is 5.97. The fraction of sp³-hybridized carbons (Fsp3) is 0.125. The molecule has 6 rings (SSSR count). The number of pyridine rings is 1. The number of aromatic nitrogens is 6. The van der Waals surface area contributed by atoms with Gasteiger partial charge in [-0.2, -0.15) is 5.10 Å². The summed E-state index contributed by atoms with van der Waals surface area (Å²) in [5, 5.41) is 7.24. The lowest BCUT2D eigenvalue weighted by atomic mass is 9.99. The second-order valence-corrected chi connectivity index (χ2v) is 8.02. The summed E-state index contributed by atoms with van der Waals surface area (Å²) in [7, 11) is 0. The molecule has 0 unspecified atom stereocenters. The molecule has 1 saturated heterocycles. The van der Waals surface area contributed by atoms with Gasteiger partial charge in [0.2, 0.25) is 5.91 Å². The summed E-state index contributed by atoms with van der Waals surface area (Å²) >= 11 is 0. The molecule has 0 bridgehead atoms. The number of imidazole rings is 1. The maximum atomic E-state index is 13.4. The fourth-order valence-corrected chi connectivity index (χ4v) is 4.01. The Morgan fingerprint density at radius 2 is 1.82 bits per heavy atom. The number of nitrogens with one attached hydrogen (secondary N) is 1. The van der Waals surface area contributed by atoms with Crippen LogP contribution in [-0.4, -0.2) is 48.1 Å². The number of hydrogen-bond donors (Lipinski definition) is 1. The molecule has 0 atom stereocenters. The highest BCUT2D eigenvalue weighted by atomic mass is 19.1. The second kappa shape index (κ2) is 8.07. The van der Waals surface area contributed by atoms with Gasteiger partial charge in [0.25, 0.3) is 0 Å². The molecular weight excluding hydrogens is 435 g/mol. The lowest BCUT2D eigenvalue weighted by Crippen LogP contribution is -2.52. The topological polar surface area (TPSA) is 93.2 Å². The first-order valence-electron chi connectivity index (χ1n) is 10.8. The zero-order valence-corrected chi connectivity index (χ0v) is 17.9. The molecule has 10 heteroatoms. The van der Waals surface area contributed by atoms with Crippen LogP contribution in [0.5, 0.6) is 0 Å². The van der Waals surface area contributed by atoms with E-state index in [1.165, 1.54) is 18.5 Å². The first-order valence-corrected chi connectivity index (χ1v) is 10.8. The van der Waals surface area contributed by atoms with Crippen LogP contribution in [0.4, 0.5) is 16.0 Å². The average Bonchev–Trinajstić information content (AvgIpc) is 3.48. The van der Waals surface area contributed by atoms with Gasteiger partial charge in [0.1, 0.15) is 35.1 Å². The lowest BCUT2D eigenvalue weighted by Gasteiger charge is -2.39. The second-order valence-electron chi connectivity index (χ2n) is 8.02. The van der Waals surface area contributed by atoms with E-state index < -0.39 is 0 Å². The first-order chi connectivity index (χ1) is 16.7. The normalized spacial score (nSPS) is 13.7. The van der Waals surface area contributed by atoms with Crippen molar-refractivity contribution in [3.05, 3.63) is 85.3 Å². The van der Waals surface area contributed by atoms with Crippen LogP contribution in [0.2, 0.25) is 0 Å². The Kier molecular flexibility index (Phi) is 4.76. The summed E-state index contributed by atoms with van der Waals surface area (Å²) in [6.45, 7) is 1.06. The minimum atomic E-state index is -0.326. The van der Waals surface area contributed by atoms with E-state index in [2.05, 4.69) is 25.4 Å². The van der Waals surface area contributed by atoms with Crippen molar-refractivity contribution < 1.29 is 9.18 Å². The lowest BCUT2D eigenvalue weighted by molar-refractivity contribution is -0.120. The number of fused-ring (bicyclic) bond motifs is 1. The van der Waals surface area contributed by atoms with Gasteiger partial charge in [-0.05, 0) is 42.5 Å². The Morgan fingerprint density at radius 3 is 2.62 bits per heavy atom. The summed E-state index contributed by atoms with van der Waals surface area (Å²) in [6.07, 6.45) is 6.84. The van der Waals surface area contributed by atoms with Gasteiger partial charge in [0.15, 0.2) is 5.82 Å².